The Hall–Kier alpha value is -2.63. The van der Waals surface area contributed by atoms with Crippen LogP contribution in [-0.2, 0) is 6.54 Å². The number of H-pyrrole nitrogens is 1. The third-order valence-corrected chi connectivity index (χ3v) is 3.31. The Bertz CT molecular complexity index is 659. The topological polar surface area (TPSA) is 71.4 Å². The van der Waals surface area contributed by atoms with Gasteiger partial charge in [-0.05, 0) is 31.5 Å². The van der Waals surface area contributed by atoms with Crippen molar-refractivity contribution in [3.63, 3.8) is 0 Å². The summed E-state index contributed by atoms with van der Waals surface area (Å²) in [6.45, 7) is 3.04. The summed E-state index contributed by atoms with van der Waals surface area (Å²) in [6.07, 6.45) is 8.33. The third-order valence-electron chi connectivity index (χ3n) is 3.31. The van der Waals surface area contributed by atoms with Crippen LogP contribution in [0.3, 0.4) is 0 Å². The molecule has 0 saturated heterocycles. The maximum Gasteiger partial charge on any atom is 0.107 e. The SMILES string of the molecule is CC(CCn1cccn1)Nc1cn[nH]c1-c1ccccn1. The quantitative estimate of drug-likeness (QED) is 0.729. The summed E-state index contributed by atoms with van der Waals surface area (Å²) in [6, 6.07) is 8.09. The number of aryl methyl sites for hydroxylation is 1. The van der Waals surface area contributed by atoms with E-state index in [1.807, 2.05) is 35.1 Å². The van der Waals surface area contributed by atoms with Crippen molar-refractivity contribution in [3.05, 3.63) is 49.1 Å². The monoisotopic (exact) mass is 282 g/mol. The molecule has 108 valence electrons. The molecule has 0 bridgehead atoms. The fraction of sp³-hybridized carbons (Fsp3) is 0.267. The van der Waals surface area contributed by atoms with Crippen LogP contribution in [-0.4, -0.2) is 31.0 Å². The van der Waals surface area contributed by atoms with E-state index in [0.717, 1.165) is 30.0 Å². The van der Waals surface area contributed by atoms with E-state index in [1.54, 1.807) is 18.6 Å². The average molecular weight is 282 g/mol. The van der Waals surface area contributed by atoms with Crippen LogP contribution in [0.15, 0.2) is 49.1 Å². The highest BCUT2D eigenvalue weighted by Gasteiger charge is 2.11. The molecule has 1 atom stereocenters. The molecular formula is C15H18N6. The molecular weight excluding hydrogens is 264 g/mol. The van der Waals surface area contributed by atoms with E-state index >= 15 is 0 Å². The van der Waals surface area contributed by atoms with Crippen LogP contribution in [0.2, 0.25) is 0 Å². The molecule has 0 radical (unpaired) electrons. The van der Waals surface area contributed by atoms with Crippen molar-refractivity contribution in [2.24, 2.45) is 0 Å². The number of rotatable bonds is 6. The zero-order valence-corrected chi connectivity index (χ0v) is 11.9. The van der Waals surface area contributed by atoms with Gasteiger partial charge >= 0.3 is 0 Å². The Kier molecular flexibility index (Phi) is 3.95. The van der Waals surface area contributed by atoms with Crippen LogP contribution in [0.1, 0.15) is 13.3 Å². The molecule has 3 rings (SSSR count). The number of hydrogen-bond acceptors (Lipinski definition) is 4. The van der Waals surface area contributed by atoms with Gasteiger partial charge in [-0.1, -0.05) is 6.07 Å². The minimum absolute atomic E-state index is 0.314. The molecule has 0 fully saturated rings. The second kappa shape index (κ2) is 6.21. The van der Waals surface area contributed by atoms with Gasteiger partial charge in [-0.25, -0.2) is 0 Å². The molecule has 3 heterocycles. The van der Waals surface area contributed by atoms with Gasteiger partial charge in [0.15, 0.2) is 0 Å². The van der Waals surface area contributed by atoms with E-state index in [9.17, 15) is 0 Å². The van der Waals surface area contributed by atoms with Crippen LogP contribution >= 0.6 is 0 Å². The molecule has 0 saturated carbocycles. The predicted molar refractivity (Wildman–Crippen MR) is 81.7 cm³/mol. The second-order valence-corrected chi connectivity index (χ2v) is 4.98. The summed E-state index contributed by atoms with van der Waals surface area (Å²) in [5.74, 6) is 0. The van der Waals surface area contributed by atoms with Gasteiger partial charge in [0.1, 0.15) is 5.69 Å². The first-order valence-corrected chi connectivity index (χ1v) is 7.01. The molecule has 0 amide bonds. The van der Waals surface area contributed by atoms with E-state index in [-0.39, 0.29) is 0 Å². The molecule has 6 heteroatoms. The standard InChI is InChI=1S/C15H18N6/c1-12(6-10-21-9-4-8-18-21)19-14-11-17-20-15(14)13-5-2-3-7-16-13/h2-5,7-9,11-12,19H,6,10H2,1H3,(H,17,20). The van der Waals surface area contributed by atoms with Crippen molar-refractivity contribution in [1.82, 2.24) is 25.0 Å². The van der Waals surface area contributed by atoms with Crippen molar-refractivity contribution < 1.29 is 0 Å². The number of nitrogens with one attached hydrogen (secondary N) is 2. The largest absolute Gasteiger partial charge is 0.379 e. The van der Waals surface area contributed by atoms with Crippen LogP contribution in [0.25, 0.3) is 11.4 Å². The molecule has 2 N–H and O–H groups in total. The van der Waals surface area contributed by atoms with Gasteiger partial charge in [0.25, 0.3) is 0 Å². The molecule has 0 aromatic carbocycles. The summed E-state index contributed by atoms with van der Waals surface area (Å²) >= 11 is 0. The van der Waals surface area contributed by atoms with E-state index in [0.29, 0.717) is 6.04 Å². The number of hydrogen-bond donors (Lipinski definition) is 2. The first-order chi connectivity index (χ1) is 10.3. The van der Waals surface area contributed by atoms with Crippen LogP contribution in [0.4, 0.5) is 5.69 Å². The first kappa shape index (κ1) is 13.4. The highest BCUT2D eigenvalue weighted by Crippen LogP contribution is 2.24. The molecule has 0 aliphatic rings. The lowest BCUT2D eigenvalue weighted by Crippen LogP contribution is -2.18. The zero-order valence-electron chi connectivity index (χ0n) is 11.9. The van der Waals surface area contributed by atoms with E-state index in [4.69, 9.17) is 0 Å². The van der Waals surface area contributed by atoms with Crippen molar-refractivity contribution >= 4 is 5.69 Å². The van der Waals surface area contributed by atoms with Gasteiger partial charge in [0, 0.05) is 31.2 Å². The summed E-state index contributed by atoms with van der Waals surface area (Å²) in [5, 5.41) is 14.8. The minimum atomic E-state index is 0.314. The third kappa shape index (κ3) is 3.28. The predicted octanol–water partition coefficient (Wildman–Crippen LogP) is 2.56. The number of nitrogens with zero attached hydrogens (tertiary/aromatic N) is 4. The molecule has 6 nitrogen and oxygen atoms in total. The Morgan fingerprint density at radius 3 is 3.00 bits per heavy atom. The zero-order chi connectivity index (χ0) is 14.5. The van der Waals surface area contributed by atoms with E-state index in [1.165, 1.54) is 0 Å². The van der Waals surface area contributed by atoms with Gasteiger partial charge in [-0.2, -0.15) is 10.2 Å². The summed E-state index contributed by atoms with van der Waals surface area (Å²) in [7, 11) is 0. The Morgan fingerprint density at radius 2 is 2.24 bits per heavy atom. The van der Waals surface area contributed by atoms with Crippen molar-refractivity contribution in [2.45, 2.75) is 25.9 Å². The number of aromatic amines is 1. The van der Waals surface area contributed by atoms with E-state index in [2.05, 4.69) is 32.5 Å². The highest BCUT2D eigenvalue weighted by molar-refractivity contribution is 5.70. The van der Waals surface area contributed by atoms with Gasteiger partial charge in [0.2, 0.25) is 0 Å². The maximum absolute atomic E-state index is 4.35. The van der Waals surface area contributed by atoms with Gasteiger partial charge < -0.3 is 5.32 Å². The summed E-state index contributed by atoms with van der Waals surface area (Å²) in [5.41, 5.74) is 2.78. The Morgan fingerprint density at radius 1 is 1.29 bits per heavy atom. The van der Waals surface area contributed by atoms with Crippen LogP contribution in [0.5, 0.6) is 0 Å². The smallest absolute Gasteiger partial charge is 0.107 e. The van der Waals surface area contributed by atoms with Gasteiger partial charge in [-0.3, -0.25) is 14.8 Å². The van der Waals surface area contributed by atoms with Crippen molar-refractivity contribution in [1.29, 1.82) is 0 Å². The second-order valence-electron chi connectivity index (χ2n) is 4.98. The molecule has 0 spiro atoms. The lowest BCUT2D eigenvalue weighted by atomic mass is 10.2. The normalized spacial score (nSPS) is 12.2. The van der Waals surface area contributed by atoms with Crippen molar-refractivity contribution in [2.75, 3.05) is 5.32 Å². The summed E-state index contributed by atoms with van der Waals surface area (Å²) in [4.78, 5) is 4.35. The number of pyridine rings is 1. The molecule has 3 aromatic heterocycles. The highest BCUT2D eigenvalue weighted by atomic mass is 15.3. The molecule has 1 unspecified atom stereocenters. The average Bonchev–Trinajstić information content (AvgIpc) is 3.17. The summed E-state index contributed by atoms with van der Waals surface area (Å²) < 4.78 is 1.94. The lowest BCUT2D eigenvalue weighted by Gasteiger charge is -2.15. The van der Waals surface area contributed by atoms with Crippen LogP contribution < -0.4 is 5.32 Å². The minimum Gasteiger partial charge on any atom is -0.379 e. The molecule has 0 aliphatic heterocycles. The number of anilines is 1. The van der Waals surface area contributed by atoms with Gasteiger partial charge in [-0.15, -0.1) is 0 Å². The van der Waals surface area contributed by atoms with Gasteiger partial charge in [0.05, 0.1) is 17.6 Å². The fourth-order valence-electron chi connectivity index (χ4n) is 2.20. The lowest BCUT2D eigenvalue weighted by molar-refractivity contribution is 0.546. The Balaban J connectivity index is 1.64. The molecule has 0 aliphatic carbocycles. The van der Waals surface area contributed by atoms with E-state index < -0.39 is 0 Å². The molecule has 3 aromatic rings. The van der Waals surface area contributed by atoms with Crippen molar-refractivity contribution in [3.8, 4) is 11.4 Å². The first-order valence-electron chi connectivity index (χ1n) is 7.01. The maximum atomic E-state index is 4.35. The molecule has 21 heavy (non-hydrogen) atoms. The fourth-order valence-corrected chi connectivity index (χ4v) is 2.20. The number of aromatic nitrogens is 5. The van der Waals surface area contributed by atoms with Crippen LogP contribution in [0, 0.1) is 0 Å². The Labute approximate surface area is 123 Å².